The van der Waals surface area contributed by atoms with Crippen LogP contribution >= 0.6 is 0 Å². The largest absolute Gasteiger partial charge is 0.392 e. The van der Waals surface area contributed by atoms with Crippen LogP contribution in [0.1, 0.15) is 81.6 Å². The van der Waals surface area contributed by atoms with Gasteiger partial charge in [-0.3, -0.25) is 19.6 Å². The molecule has 0 bridgehead atoms. The Balaban J connectivity index is 6.34. The van der Waals surface area contributed by atoms with Gasteiger partial charge in [-0.15, -0.1) is 0 Å². The van der Waals surface area contributed by atoms with Gasteiger partial charge in [-0.2, -0.15) is 0 Å². The fraction of sp³-hybridized carbons (Fsp3) is 1.00. The maximum atomic E-state index is 10.2. The second-order valence-electron chi connectivity index (χ2n) is 8.21. The number of hydrogen-bond acceptors (Lipinski definition) is 6. The third-order valence-corrected chi connectivity index (χ3v) is 6.01. The second kappa shape index (κ2) is 15.5. The Morgan fingerprint density at radius 3 is 1.00 bits per heavy atom. The molecule has 0 aliphatic carbocycles. The van der Waals surface area contributed by atoms with Gasteiger partial charge in [0.1, 0.15) is 0 Å². The predicted molar refractivity (Wildman–Crippen MR) is 125 cm³/mol. The fourth-order valence-corrected chi connectivity index (χ4v) is 4.86. The zero-order valence-corrected chi connectivity index (χ0v) is 20.9. The van der Waals surface area contributed by atoms with Crippen LogP contribution in [0.2, 0.25) is 0 Å². The van der Waals surface area contributed by atoms with Crippen molar-refractivity contribution in [2.75, 3.05) is 39.3 Å². The zero-order valence-electron chi connectivity index (χ0n) is 20.9. The minimum absolute atomic E-state index is 0.162. The van der Waals surface area contributed by atoms with Crippen molar-refractivity contribution in [2.24, 2.45) is 0 Å². The first-order chi connectivity index (χ1) is 13.7. The monoisotopic (exact) mass is 416 g/mol. The summed E-state index contributed by atoms with van der Waals surface area (Å²) in [6.07, 6.45) is 3.01. The van der Waals surface area contributed by atoms with Crippen LogP contribution in [0, 0.1) is 0 Å². The molecule has 29 heavy (non-hydrogen) atoms. The number of hydrogen-bond donors (Lipinski definition) is 2. The van der Waals surface area contributed by atoms with Crippen LogP contribution in [-0.4, -0.2) is 99.8 Å². The van der Waals surface area contributed by atoms with E-state index in [0.717, 1.165) is 45.4 Å². The van der Waals surface area contributed by atoms with E-state index in [4.69, 9.17) is 0 Å². The van der Waals surface area contributed by atoms with Gasteiger partial charge in [-0.05, 0) is 59.3 Å². The molecule has 0 aromatic rings. The minimum Gasteiger partial charge on any atom is -0.392 e. The molecule has 0 aliphatic heterocycles. The first-order valence-electron chi connectivity index (χ1n) is 12.1. The Hall–Kier alpha value is -0.240. The zero-order chi connectivity index (χ0) is 22.6. The first-order valence-corrected chi connectivity index (χ1v) is 12.1. The number of nitrogens with zero attached hydrogens (tertiary/aromatic N) is 4. The van der Waals surface area contributed by atoms with Crippen LogP contribution in [-0.2, 0) is 0 Å². The molecule has 0 amide bonds. The third-order valence-electron chi connectivity index (χ3n) is 6.01. The number of rotatable bonds is 17. The lowest BCUT2D eigenvalue weighted by Crippen LogP contribution is -2.65. The highest BCUT2D eigenvalue weighted by molar-refractivity contribution is 4.86. The molecule has 0 heterocycles. The quantitative estimate of drug-likeness (QED) is 0.355. The van der Waals surface area contributed by atoms with Crippen molar-refractivity contribution in [3.63, 3.8) is 0 Å². The van der Waals surface area contributed by atoms with Crippen LogP contribution in [0.5, 0.6) is 0 Å². The summed E-state index contributed by atoms with van der Waals surface area (Å²) in [5.41, 5.74) is 0. The van der Waals surface area contributed by atoms with Gasteiger partial charge in [0, 0.05) is 13.1 Å². The molecule has 0 spiro atoms. The van der Waals surface area contributed by atoms with Crippen LogP contribution in [0.25, 0.3) is 0 Å². The van der Waals surface area contributed by atoms with E-state index in [1.54, 1.807) is 0 Å². The molecule has 0 aromatic carbocycles. The van der Waals surface area contributed by atoms with Crippen molar-refractivity contribution < 1.29 is 10.2 Å². The summed E-state index contributed by atoms with van der Waals surface area (Å²) in [5.74, 6) is 0. The summed E-state index contributed by atoms with van der Waals surface area (Å²) in [4.78, 5) is 10.1. The fourth-order valence-electron chi connectivity index (χ4n) is 4.86. The molecule has 5 atom stereocenters. The summed E-state index contributed by atoms with van der Waals surface area (Å²) in [6.45, 7) is 24.7. The van der Waals surface area contributed by atoms with E-state index in [9.17, 15) is 10.2 Å². The molecule has 0 aromatic heterocycles. The standard InChI is InChI=1S/C23H52N4O2/c1-10-21(24(13-4)14-5)27(22(11-2)25(15-6)16-7)23(12-3)26(17-19(8)28)18-20(9)29/h19-23,28-29H,10-18H2,1-9H3. The Morgan fingerprint density at radius 2 is 0.793 bits per heavy atom. The van der Waals surface area contributed by atoms with E-state index in [-0.39, 0.29) is 6.17 Å². The predicted octanol–water partition coefficient (Wildman–Crippen LogP) is 3.24. The third kappa shape index (κ3) is 8.80. The Kier molecular flexibility index (Phi) is 15.4. The topological polar surface area (TPSA) is 53.4 Å². The summed E-state index contributed by atoms with van der Waals surface area (Å²) in [5, 5.41) is 20.4. The van der Waals surface area contributed by atoms with Crippen LogP contribution in [0.3, 0.4) is 0 Å². The molecule has 6 heteroatoms. The molecule has 0 fully saturated rings. The molecular weight excluding hydrogens is 364 g/mol. The van der Waals surface area contributed by atoms with Gasteiger partial charge in [0.2, 0.25) is 0 Å². The van der Waals surface area contributed by atoms with E-state index in [0.29, 0.717) is 25.4 Å². The lowest BCUT2D eigenvalue weighted by atomic mass is 10.1. The summed E-state index contributed by atoms with van der Waals surface area (Å²) >= 11 is 0. The number of aliphatic hydroxyl groups excluding tert-OH is 2. The molecular formula is C23H52N4O2. The van der Waals surface area contributed by atoms with E-state index in [1.165, 1.54) is 0 Å². The second-order valence-corrected chi connectivity index (χ2v) is 8.21. The molecule has 0 radical (unpaired) electrons. The highest BCUT2D eigenvalue weighted by atomic mass is 16.3. The van der Waals surface area contributed by atoms with Crippen molar-refractivity contribution in [1.82, 2.24) is 19.6 Å². The smallest absolute Gasteiger partial charge is 0.0649 e. The van der Waals surface area contributed by atoms with Gasteiger partial charge in [-0.1, -0.05) is 48.5 Å². The average molecular weight is 417 g/mol. The van der Waals surface area contributed by atoms with Gasteiger partial charge >= 0.3 is 0 Å². The van der Waals surface area contributed by atoms with E-state index in [1.807, 2.05) is 13.8 Å². The molecule has 0 saturated carbocycles. The maximum Gasteiger partial charge on any atom is 0.0649 e. The van der Waals surface area contributed by atoms with Crippen molar-refractivity contribution in [2.45, 2.75) is 112 Å². The molecule has 6 nitrogen and oxygen atoms in total. The van der Waals surface area contributed by atoms with Crippen LogP contribution in [0.15, 0.2) is 0 Å². The van der Waals surface area contributed by atoms with E-state index in [2.05, 4.69) is 68.1 Å². The van der Waals surface area contributed by atoms with Crippen molar-refractivity contribution in [1.29, 1.82) is 0 Å². The normalized spacial score (nSPS) is 17.9. The van der Waals surface area contributed by atoms with Gasteiger partial charge < -0.3 is 10.2 Å². The Bertz CT molecular complexity index is 357. The van der Waals surface area contributed by atoms with Crippen LogP contribution in [0.4, 0.5) is 0 Å². The van der Waals surface area contributed by atoms with Gasteiger partial charge in [0.25, 0.3) is 0 Å². The van der Waals surface area contributed by atoms with Gasteiger partial charge in [0.15, 0.2) is 0 Å². The molecule has 0 saturated heterocycles. The van der Waals surface area contributed by atoms with Crippen LogP contribution < -0.4 is 0 Å². The molecule has 2 N–H and O–H groups in total. The molecule has 5 unspecified atom stereocenters. The highest BCUT2D eigenvalue weighted by Gasteiger charge is 2.38. The SMILES string of the molecule is CCC(N(CC)CC)N(C(CC)N(CC)CC)C(CC)N(CC(C)O)CC(C)O. The van der Waals surface area contributed by atoms with Gasteiger partial charge in [0.05, 0.1) is 30.7 Å². The first kappa shape index (κ1) is 28.8. The van der Waals surface area contributed by atoms with Crippen molar-refractivity contribution in [3.8, 4) is 0 Å². The molecule has 176 valence electrons. The minimum atomic E-state index is -0.424. The highest BCUT2D eigenvalue weighted by Crippen LogP contribution is 2.26. The van der Waals surface area contributed by atoms with E-state index < -0.39 is 12.2 Å². The lowest BCUT2D eigenvalue weighted by molar-refractivity contribution is -0.127. The number of aliphatic hydroxyl groups is 2. The van der Waals surface area contributed by atoms with Crippen molar-refractivity contribution >= 4 is 0 Å². The Morgan fingerprint density at radius 1 is 0.517 bits per heavy atom. The Labute approximate surface area is 181 Å². The average Bonchev–Trinajstić information content (AvgIpc) is 2.68. The molecule has 0 aliphatic rings. The summed E-state index contributed by atoms with van der Waals surface area (Å²) in [7, 11) is 0. The van der Waals surface area contributed by atoms with E-state index >= 15 is 0 Å². The summed E-state index contributed by atoms with van der Waals surface area (Å²) < 4.78 is 0. The summed E-state index contributed by atoms with van der Waals surface area (Å²) in [6, 6.07) is 0. The van der Waals surface area contributed by atoms with Gasteiger partial charge in [-0.25, -0.2) is 0 Å². The maximum absolute atomic E-state index is 10.2. The lowest BCUT2D eigenvalue weighted by Gasteiger charge is -2.52. The molecule has 0 rings (SSSR count). The van der Waals surface area contributed by atoms with Crippen molar-refractivity contribution in [3.05, 3.63) is 0 Å².